The molecule has 0 radical (unpaired) electrons. The van der Waals surface area contributed by atoms with Gasteiger partial charge in [-0.1, -0.05) is 35.3 Å². The van der Waals surface area contributed by atoms with Gasteiger partial charge in [0.15, 0.2) is 5.78 Å². The van der Waals surface area contributed by atoms with E-state index in [0.717, 1.165) is 0 Å². The average Bonchev–Trinajstić information content (AvgIpc) is 2.71. The van der Waals surface area contributed by atoms with E-state index in [0.29, 0.717) is 34.1 Å². The highest BCUT2D eigenvalue weighted by Crippen LogP contribution is 2.28. The molecule has 6 nitrogen and oxygen atoms in total. The fraction of sp³-hybridized carbons (Fsp3) is 0.300. The maximum absolute atomic E-state index is 12.9. The molecule has 1 aliphatic heterocycles. The molecule has 154 valence electrons. The Labute approximate surface area is 179 Å². The first-order valence-electron chi connectivity index (χ1n) is 9.05. The van der Waals surface area contributed by atoms with E-state index in [4.69, 9.17) is 23.2 Å². The van der Waals surface area contributed by atoms with Crippen LogP contribution in [0.1, 0.15) is 30.1 Å². The summed E-state index contributed by atoms with van der Waals surface area (Å²) in [5, 5.41) is 3.60. The third-order valence-electron chi connectivity index (χ3n) is 4.89. The molecular weight excluding hydrogens is 435 g/mol. The molecule has 0 aromatic heterocycles. The van der Waals surface area contributed by atoms with E-state index >= 15 is 0 Å². The summed E-state index contributed by atoms with van der Waals surface area (Å²) >= 11 is 12.0. The van der Waals surface area contributed by atoms with Crippen LogP contribution in [0.5, 0.6) is 0 Å². The zero-order valence-corrected chi connectivity index (χ0v) is 18.0. The van der Waals surface area contributed by atoms with Crippen molar-refractivity contribution in [3.05, 3.63) is 58.1 Å². The summed E-state index contributed by atoms with van der Waals surface area (Å²) in [7, 11) is -3.73. The van der Waals surface area contributed by atoms with Gasteiger partial charge in [-0.3, -0.25) is 9.59 Å². The van der Waals surface area contributed by atoms with Crippen molar-refractivity contribution in [3.8, 4) is 0 Å². The van der Waals surface area contributed by atoms with Gasteiger partial charge in [0.25, 0.3) is 0 Å². The highest BCUT2D eigenvalue weighted by atomic mass is 35.5. The summed E-state index contributed by atoms with van der Waals surface area (Å²) < 4.78 is 27.1. The molecule has 1 fully saturated rings. The lowest BCUT2D eigenvalue weighted by atomic mass is 9.97. The van der Waals surface area contributed by atoms with Crippen molar-refractivity contribution in [2.24, 2.45) is 5.92 Å². The number of carbonyl (C=O) groups is 2. The van der Waals surface area contributed by atoms with E-state index in [9.17, 15) is 18.0 Å². The SMILES string of the molecule is CC(=O)c1cccc(S(=O)(=O)N2CCC(C(=O)Nc3cc(Cl)ccc3Cl)CC2)c1. The van der Waals surface area contributed by atoms with Crippen molar-refractivity contribution >= 4 is 50.6 Å². The lowest BCUT2D eigenvalue weighted by Gasteiger charge is -2.30. The summed E-state index contributed by atoms with van der Waals surface area (Å²) in [4.78, 5) is 24.2. The smallest absolute Gasteiger partial charge is 0.243 e. The molecule has 1 saturated heterocycles. The second-order valence-electron chi connectivity index (χ2n) is 6.88. The maximum atomic E-state index is 12.9. The Bertz CT molecular complexity index is 1050. The summed E-state index contributed by atoms with van der Waals surface area (Å²) in [5.74, 6) is -0.748. The van der Waals surface area contributed by atoms with Crippen molar-refractivity contribution in [2.45, 2.75) is 24.7 Å². The highest BCUT2D eigenvalue weighted by molar-refractivity contribution is 7.89. The molecule has 29 heavy (non-hydrogen) atoms. The van der Waals surface area contributed by atoms with Crippen LogP contribution in [-0.4, -0.2) is 37.5 Å². The predicted octanol–water partition coefficient (Wildman–Crippen LogP) is 4.24. The molecule has 1 amide bonds. The number of halogens is 2. The number of nitrogens with one attached hydrogen (secondary N) is 1. The lowest BCUT2D eigenvalue weighted by molar-refractivity contribution is -0.120. The van der Waals surface area contributed by atoms with Crippen molar-refractivity contribution in [1.82, 2.24) is 4.31 Å². The number of carbonyl (C=O) groups excluding carboxylic acids is 2. The number of nitrogens with zero attached hydrogens (tertiary/aromatic N) is 1. The molecule has 0 atom stereocenters. The van der Waals surface area contributed by atoms with Crippen LogP contribution in [0, 0.1) is 5.92 Å². The summed E-state index contributed by atoms with van der Waals surface area (Å²) in [6.45, 7) is 1.82. The standard InChI is InChI=1S/C20H20Cl2N2O4S/c1-13(25)15-3-2-4-17(11-15)29(27,28)24-9-7-14(8-10-24)20(26)23-19-12-16(21)5-6-18(19)22/h2-6,11-12,14H,7-10H2,1H3,(H,23,26). The second kappa shape index (κ2) is 8.83. The van der Waals surface area contributed by atoms with Gasteiger partial charge in [0, 0.05) is 29.6 Å². The van der Waals surface area contributed by atoms with E-state index in [-0.39, 0.29) is 35.6 Å². The Kier molecular flexibility index (Phi) is 6.63. The summed E-state index contributed by atoms with van der Waals surface area (Å²) in [6.07, 6.45) is 0.769. The maximum Gasteiger partial charge on any atom is 0.243 e. The molecule has 0 aliphatic carbocycles. The molecule has 1 heterocycles. The van der Waals surface area contributed by atoms with E-state index < -0.39 is 10.0 Å². The van der Waals surface area contributed by atoms with Gasteiger partial charge in [0.2, 0.25) is 15.9 Å². The van der Waals surface area contributed by atoms with Crippen LogP contribution >= 0.6 is 23.2 Å². The first kappa shape index (κ1) is 21.8. The minimum atomic E-state index is -3.73. The van der Waals surface area contributed by atoms with Crippen LogP contribution in [0.4, 0.5) is 5.69 Å². The quantitative estimate of drug-likeness (QED) is 0.684. The Morgan fingerprint density at radius 1 is 1.07 bits per heavy atom. The molecule has 0 saturated carbocycles. The lowest BCUT2D eigenvalue weighted by Crippen LogP contribution is -2.41. The highest BCUT2D eigenvalue weighted by Gasteiger charge is 2.32. The summed E-state index contributed by atoms with van der Waals surface area (Å²) in [5.41, 5.74) is 0.777. The molecule has 0 bridgehead atoms. The van der Waals surface area contributed by atoms with Crippen molar-refractivity contribution < 1.29 is 18.0 Å². The number of piperidine rings is 1. The molecule has 1 aliphatic rings. The minimum absolute atomic E-state index is 0.0822. The van der Waals surface area contributed by atoms with Crippen LogP contribution in [0.25, 0.3) is 0 Å². The number of Topliss-reactive ketones (excluding diaryl/α,β-unsaturated/α-hetero) is 1. The number of hydrogen-bond donors (Lipinski definition) is 1. The van der Waals surface area contributed by atoms with Gasteiger partial charge in [-0.2, -0.15) is 4.31 Å². The number of hydrogen-bond acceptors (Lipinski definition) is 4. The molecule has 0 spiro atoms. The number of amides is 1. The third-order valence-corrected chi connectivity index (χ3v) is 7.35. The van der Waals surface area contributed by atoms with Crippen molar-refractivity contribution in [2.75, 3.05) is 18.4 Å². The fourth-order valence-electron chi connectivity index (χ4n) is 3.21. The van der Waals surface area contributed by atoms with Gasteiger partial charge in [-0.05, 0) is 50.1 Å². The van der Waals surface area contributed by atoms with E-state index in [1.165, 1.54) is 23.4 Å². The summed E-state index contributed by atoms with van der Waals surface area (Å²) in [6, 6.07) is 10.8. The van der Waals surface area contributed by atoms with Gasteiger partial charge in [-0.25, -0.2) is 8.42 Å². The second-order valence-corrected chi connectivity index (χ2v) is 9.66. The zero-order valence-electron chi connectivity index (χ0n) is 15.7. The molecular formula is C20H20Cl2N2O4S. The number of sulfonamides is 1. The van der Waals surface area contributed by atoms with Crippen LogP contribution in [0.3, 0.4) is 0 Å². The van der Waals surface area contributed by atoms with Crippen molar-refractivity contribution in [3.63, 3.8) is 0 Å². The van der Waals surface area contributed by atoms with Gasteiger partial charge in [-0.15, -0.1) is 0 Å². The third kappa shape index (κ3) is 4.98. The Balaban J connectivity index is 1.66. The number of anilines is 1. The first-order chi connectivity index (χ1) is 13.7. The normalized spacial score (nSPS) is 15.8. The predicted molar refractivity (Wildman–Crippen MR) is 113 cm³/mol. The largest absolute Gasteiger partial charge is 0.324 e. The van der Waals surface area contributed by atoms with Crippen LogP contribution in [-0.2, 0) is 14.8 Å². The number of benzene rings is 2. The average molecular weight is 455 g/mol. The van der Waals surface area contributed by atoms with Gasteiger partial charge >= 0.3 is 0 Å². The van der Waals surface area contributed by atoms with E-state index in [1.807, 2.05) is 0 Å². The minimum Gasteiger partial charge on any atom is -0.324 e. The van der Waals surface area contributed by atoms with Gasteiger partial charge < -0.3 is 5.32 Å². The topological polar surface area (TPSA) is 83.6 Å². The van der Waals surface area contributed by atoms with E-state index in [2.05, 4.69) is 5.32 Å². The molecule has 9 heteroatoms. The Morgan fingerprint density at radius 2 is 1.76 bits per heavy atom. The van der Waals surface area contributed by atoms with Crippen molar-refractivity contribution in [1.29, 1.82) is 0 Å². The fourth-order valence-corrected chi connectivity index (χ4v) is 5.06. The Morgan fingerprint density at radius 3 is 2.41 bits per heavy atom. The van der Waals surface area contributed by atoms with E-state index in [1.54, 1.807) is 30.3 Å². The zero-order chi connectivity index (χ0) is 21.2. The van der Waals surface area contributed by atoms with Crippen LogP contribution in [0.2, 0.25) is 10.0 Å². The monoisotopic (exact) mass is 454 g/mol. The molecule has 0 unspecified atom stereocenters. The number of rotatable bonds is 5. The van der Waals surface area contributed by atoms with Gasteiger partial charge in [0.1, 0.15) is 0 Å². The van der Waals surface area contributed by atoms with Crippen LogP contribution in [0.15, 0.2) is 47.4 Å². The Hall–Kier alpha value is -1.93. The molecule has 3 rings (SSSR count). The molecule has 2 aromatic carbocycles. The first-order valence-corrected chi connectivity index (χ1v) is 11.2. The number of ketones is 1. The molecule has 2 aromatic rings. The van der Waals surface area contributed by atoms with Crippen LogP contribution < -0.4 is 5.32 Å². The molecule has 1 N–H and O–H groups in total. The van der Waals surface area contributed by atoms with Gasteiger partial charge in [0.05, 0.1) is 15.6 Å².